The molecule has 1 aromatic heterocycles. The summed E-state index contributed by atoms with van der Waals surface area (Å²) in [6.45, 7) is 4.59. The van der Waals surface area contributed by atoms with Gasteiger partial charge >= 0.3 is 0 Å². The van der Waals surface area contributed by atoms with E-state index in [0.717, 1.165) is 28.0 Å². The smallest absolute Gasteiger partial charge is 0.125 e. The minimum absolute atomic E-state index is 0.224. The van der Waals surface area contributed by atoms with Crippen LogP contribution in [0, 0.1) is 5.82 Å². The van der Waals surface area contributed by atoms with Gasteiger partial charge < -0.3 is 14.0 Å². The Morgan fingerprint density at radius 2 is 1.87 bits per heavy atom. The van der Waals surface area contributed by atoms with Crippen LogP contribution in [0.3, 0.4) is 0 Å². The molecule has 0 fully saturated rings. The summed E-state index contributed by atoms with van der Waals surface area (Å²) in [4.78, 5) is 0. The van der Waals surface area contributed by atoms with Crippen molar-refractivity contribution in [1.29, 1.82) is 0 Å². The third-order valence-corrected chi connectivity index (χ3v) is 3.87. The van der Waals surface area contributed by atoms with Crippen LogP contribution in [-0.4, -0.2) is 11.7 Å². The number of fused-ring (bicyclic) bond motifs is 1. The summed E-state index contributed by atoms with van der Waals surface area (Å²) in [5.41, 5.74) is 1.93. The van der Waals surface area contributed by atoms with Crippen molar-refractivity contribution in [2.45, 2.75) is 26.5 Å². The van der Waals surface area contributed by atoms with Gasteiger partial charge in [0.05, 0.1) is 12.6 Å². The Labute approximate surface area is 135 Å². The zero-order valence-electron chi connectivity index (χ0n) is 13.5. The Morgan fingerprint density at radius 3 is 2.61 bits per heavy atom. The quantitative estimate of drug-likeness (QED) is 0.665. The number of nitrogens with zero attached hydrogens (tertiary/aromatic N) is 1. The number of ether oxygens (including phenoxy) is 2. The molecule has 4 heteroatoms. The summed E-state index contributed by atoms with van der Waals surface area (Å²) in [6, 6.07) is 12.6. The van der Waals surface area contributed by atoms with Crippen LogP contribution in [0.2, 0.25) is 0 Å². The van der Waals surface area contributed by atoms with Crippen LogP contribution in [-0.2, 0) is 6.61 Å². The first-order valence-electron chi connectivity index (χ1n) is 7.64. The van der Waals surface area contributed by atoms with Gasteiger partial charge in [0.2, 0.25) is 0 Å². The Bertz CT molecular complexity index is 823. The minimum atomic E-state index is -0.224. The van der Waals surface area contributed by atoms with E-state index in [9.17, 15) is 4.39 Å². The normalized spacial score (nSPS) is 11.2. The highest BCUT2D eigenvalue weighted by molar-refractivity contribution is 5.84. The first kappa shape index (κ1) is 15.4. The number of rotatable bonds is 5. The molecule has 0 aliphatic rings. The molecule has 120 valence electrons. The first-order valence-corrected chi connectivity index (χ1v) is 7.64. The second-order valence-corrected chi connectivity index (χ2v) is 5.78. The second-order valence-electron chi connectivity index (χ2n) is 5.78. The maximum absolute atomic E-state index is 13.6. The van der Waals surface area contributed by atoms with Crippen molar-refractivity contribution in [2.24, 2.45) is 0 Å². The fraction of sp³-hybridized carbons (Fsp3) is 0.263. The lowest BCUT2D eigenvalue weighted by atomic mass is 10.2. The maximum Gasteiger partial charge on any atom is 0.125 e. The Kier molecular flexibility index (Phi) is 4.24. The number of hydrogen-bond acceptors (Lipinski definition) is 2. The van der Waals surface area contributed by atoms with Gasteiger partial charge in [0, 0.05) is 29.3 Å². The Hall–Kier alpha value is -2.49. The molecule has 1 heterocycles. The summed E-state index contributed by atoms with van der Waals surface area (Å²) in [5, 5.41) is 1.02. The van der Waals surface area contributed by atoms with Gasteiger partial charge in [0.25, 0.3) is 0 Å². The molecule has 23 heavy (non-hydrogen) atoms. The lowest BCUT2D eigenvalue weighted by Gasteiger charge is -2.08. The van der Waals surface area contributed by atoms with E-state index >= 15 is 0 Å². The summed E-state index contributed by atoms with van der Waals surface area (Å²) in [5.74, 6) is 1.28. The standard InChI is InChI=1S/C19H20FNO2/c1-13(2)21-11-14(18-8-7-15(20)9-19(18)21)12-23-17-6-4-5-16(10-17)22-3/h4-11,13H,12H2,1-3H3. The lowest BCUT2D eigenvalue weighted by Crippen LogP contribution is -1.99. The van der Waals surface area contributed by atoms with Gasteiger partial charge in [0.15, 0.2) is 0 Å². The van der Waals surface area contributed by atoms with Crippen LogP contribution >= 0.6 is 0 Å². The summed E-state index contributed by atoms with van der Waals surface area (Å²) >= 11 is 0. The van der Waals surface area contributed by atoms with Crippen molar-refractivity contribution in [3.8, 4) is 11.5 Å². The molecule has 3 nitrogen and oxygen atoms in total. The fourth-order valence-corrected chi connectivity index (χ4v) is 2.69. The van der Waals surface area contributed by atoms with Crippen LogP contribution in [0.4, 0.5) is 4.39 Å². The highest BCUT2D eigenvalue weighted by Gasteiger charge is 2.12. The summed E-state index contributed by atoms with van der Waals surface area (Å²) in [6.07, 6.45) is 2.04. The zero-order valence-corrected chi connectivity index (χ0v) is 13.5. The molecule has 0 atom stereocenters. The molecule has 0 bridgehead atoms. The Morgan fingerprint density at radius 1 is 1.09 bits per heavy atom. The van der Waals surface area contributed by atoms with Crippen molar-refractivity contribution < 1.29 is 13.9 Å². The van der Waals surface area contributed by atoms with Crippen molar-refractivity contribution in [3.05, 3.63) is 60.0 Å². The van der Waals surface area contributed by atoms with Gasteiger partial charge in [-0.15, -0.1) is 0 Å². The monoisotopic (exact) mass is 313 g/mol. The molecule has 3 aromatic rings. The van der Waals surface area contributed by atoms with Crippen LogP contribution in [0.1, 0.15) is 25.5 Å². The molecule has 0 amide bonds. The van der Waals surface area contributed by atoms with Crippen molar-refractivity contribution >= 4 is 10.9 Å². The van der Waals surface area contributed by atoms with Crippen LogP contribution in [0.5, 0.6) is 11.5 Å². The SMILES string of the molecule is COc1cccc(OCc2cn(C(C)C)c3cc(F)ccc23)c1. The molecule has 0 radical (unpaired) electrons. The fourth-order valence-electron chi connectivity index (χ4n) is 2.69. The maximum atomic E-state index is 13.6. The predicted octanol–water partition coefficient (Wildman–Crippen LogP) is 4.95. The van der Waals surface area contributed by atoms with E-state index in [2.05, 4.69) is 18.4 Å². The van der Waals surface area contributed by atoms with Gasteiger partial charge in [-0.25, -0.2) is 4.39 Å². The van der Waals surface area contributed by atoms with Crippen LogP contribution in [0.25, 0.3) is 10.9 Å². The largest absolute Gasteiger partial charge is 0.497 e. The van der Waals surface area contributed by atoms with E-state index < -0.39 is 0 Å². The van der Waals surface area contributed by atoms with E-state index in [1.807, 2.05) is 36.5 Å². The van der Waals surface area contributed by atoms with E-state index in [-0.39, 0.29) is 11.9 Å². The van der Waals surface area contributed by atoms with Crippen LogP contribution in [0.15, 0.2) is 48.7 Å². The molecular weight excluding hydrogens is 293 g/mol. The van der Waals surface area contributed by atoms with Gasteiger partial charge in [-0.3, -0.25) is 0 Å². The summed E-state index contributed by atoms with van der Waals surface area (Å²) in [7, 11) is 1.63. The molecule has 0 saturated heterocycles. The van der Waals surface area contributed by atoms with E-state index in [1.165, 1.54) is 6.07 Å². The average molecular weight is 313 g/mol. The third kappa shape index (κ3) is 3.16. The molecule has 2 aromatic carbocycles. The number of methoxy groups -OCH3 is 1. The number of aromatic nitrogens is 1. The number of hydrogen-bond donors (Lipinski definition) is 0. The molecule has 0 aliphatic carbocycles. The van der Waals surface area contributed by atoms with Crippen molar-refractivity contribution in [1.82, 2.24) is 4.57 Å². The Balaban J connectivity index is 1.90. The van der Waals surface area contributed by atoms with E-state index in [4.69, 9.17) is 9.47 Å². The van der Waals surface area contributed by atoms with Gasteiger partial charge in [-0.05, 0) is 44.2 Å². The average Bonchev–Trinajstić information content (AvgIpc) is 2.91. The molecule has 0 saturated carbocycles. The number of benzene rings is 2. The molecule has 0 spiro atoms. The van der Waals surface area contributed by atoms with Crippen molar-refractivity contribution in [2.75, 3.05) is 7.11 Å². The second kappa shape index (κ2) is 6.32. The minimum Gasteiger partial charge on any atom is -0.497 e. The highest BCUT2D eigenvalue weighted by atomic mass is 19.1. The molecule has 0 unspecified atom stereocenters. The van der Waals surface area contributed by atoms with E-state index in [1.54, 1.807) is 13.2 Å². The topological polar surface area (TPSA) is 23.4 Å². The van der Waals surface area contributed by atoms with E-state index in [0.29, 0.717) is 6.61 Å². The third-order valence-electron chi connectivity index (χ3n) is 3.87. The first-order chi connectivity index (χ1) is 11.1. The predicted molar refractivity (Wildman–Crippen MR) is 89.6 cm³/mol. The van der Waals surface area contributed by atoms with Gasteiger partial charge in [0.1, 0.15) is 23.9 Å². The highest BCUT2D eigenvalue weighted by Crippen LogP contribution is 2.27. The van der Waals surface area contributed by atoms with Gasteiger partial charge in [-0.2, -0.15) is 0 Å². The zero-order chi connectivity index (χ0) is 16.4. The molecule has 0 aliphatic heterocycles. The number of halogens is 1. The summed E-state index contributed by atoms with van der Waals surface area (Å²) < 4.78 is 26.7. The molecular formula is C19H20FNO2. The van der Waals surface area contributed by atoms with Crippen LogP contribution < -0.4 is 9.47 Å². The van der Waals surface area contributed by atoms with Gasteiger partial charge in [-0.1, -0.05) is 6.07 Å². The van der Waals surface area contributed by atoms with Crippen molar-refractivity contribution in [3.63, 3.8) is 0 Å². The lowest BCUT2D eigenvalue weighted by molar-refractivity contribution is 0.304. The molecule has 0 N–H and O–H groups in total. The molecule has 3 rings (SSSR count).